The molecule has 2 heterocycles. The number of nitrogens with zero attached hydrogens (tertiary/aromatic N) is 2. The molecule has 0 aliphatic rings. The van der Waals surface area contributed by atoms with E-state index < -0.39 is 0 Å². The summed E-state index contributed by atoms with van der Waals surface area (Å²) >= 11 is 1.77. The zero-order valence-corrected chi connectivity index (χ0v) is 10.6. The first-order valence-corrected chi connectivity index (χ1v) is 6.67. The minimum Gasteiger partial charge on any atom is -0.245 e. The average Bonchev–Trinajstić information content (AvgIpc) is 2.95. The van der Waals surface area contributed by atoms with Gasteiger partial charge in [-0.1, -0.05) is 30.3 Å². The second kappa shape index (κ2) is 5.10. The van der Waals surface area contributed by atoms with Gasteiger partial charge in [-0.2, -0.15) is 0 Å². The SMILES string of the molecule is c1csc(-c2ccc(Cc3ccncn3)cc2)c1. The summed E-state index contributed by atoms with van der Waals surface area (Å²) in [6, 6.07) is 14.8. The first-order chi connectivity index (χ1) is 8.92. The molecule has 0 aliphatic carbocycles. The van der Waals surface area contributed by atoms with E-state index in [1.54, 1.807) is 23.9 Å². The van der Waals surface area contributed by atoms with Crippen molar-refractivity contribution in [1.29, 1.82) is 0 Å². The van der Waals surface area contributed by atoms with E-state index in [4.69, 9.17) is 0 Å². The second-order valence-electron chi connectivity index (χ2n) is 4.05. The molecule has 0 atom stereocenters. The molecule has 18 heavy (non-hydrogen) atoms. The Morgan fingerprint density at radius 2 is 1.89 bits per heavy atom. The van der Waals surface area contributed by atoms with Crippen LogP contribution in [0.1, 0.15) is 11.3 Å². The van der Waals surface area contributed by atoms with E-state index in [1.807, 2.05) is 6.07 Å². The molecule has 0 saturated carbocycles. The molecule has 3 aromatic rings. The highest BCUT2D eigenvalue weighted by Gasteiger charge is 2.00. The van der Waals surface area contributed by atoms with E-state index >= 15 is 0 Å². The van der Waals surface area contributed by atoms with Crippen molar-refractivity contribution in [2.24, 2.45) is 0 Å². The van der Waals surface area contributed by atoms with Crippen molar-refractivity contribution in [1.82, 2.24) is 9.97 Å². The molecule has 0 bridgehead atoms. The number of hydrogen-bond donors (Lipinski definition) is 0. The van der Waals surface area contributed by atoms with Crippen LogP contribution < -0.4 is 0 Å². The van der Waals surface area contributed by atoms with Gasteiger partial charge in [0.1, 0.15) is 6.33 Å². The van der Waals surface area contributed by atoms with Gasteiger partial charge in [-0.05, 0) is 28.6 Å². The summed E-state index contributed by atoms with van der Waals surface area (Å²) in [5.41, 5.74) is 3.60. The molecule has 88 valence electrons. The zero-order chi connectivity index (χ0) is 12.2. The summed E-state index contributed by atoms with van der Waals surface area (Å²) < 4.78 is 0. The topological polar surface area (TPSA) is 25.8 Å². The average molecular weight is 252 g/mol. The van der Waals surface area contributed by atoms with E-state index in [9.17, 15) is 0 Å². The molecule has 0 N–H and O–H groups in total. The van der Waals surface area contributed by atoms with Crippen LogP contribution in [0.4, 0.5) is 0 Å². The van der Waals surface area contributed by atoms with Crippen molar-refractivity contribution in [2.75, 3.05) is 0 Å². The Hall–Kier alpha value is -2.00. The lowest BCUT2D eigenvalue weighted by Gasteiger charge is -2.02. The van der Waals surface area contributed by atoms with Gasteiger partial charge in [0.2, 0.25) is 0 Å². The van der Waals surface area contributed by atoms with Crippen molar-refractivity contribution in [3.05, 3.63) is 71.6 Å². The highest BCUT2D eigenvalue weighted by atomic mass is 32.1. The number of hydrogen-bond acceptors (Lipinski definition) is 3. The first-order valence-electron chi connectivity index (χ1n) is 5.79. The molecule has 3 heteroatoms. The molecule has 2 nitrogen and oxygen atoms in total. The molecule has 2 aromatic heterocycles. The molecule has 0 unspecified atom stereocenters. The smallest absolute Gasteiger partial charge is 0.115 e. The van der Waals surface area contributed by atoms with E-state index in [2.05, 4.69) is 51.7 Å². The Labute approximate surface area is 110 Å². The lowest BCUT2D eigenvalue weighted by atomic mass is 10.1. The molecule has 1 aromatic carbocycles. The largest absolute Gasteiger partial charge is 0.245 e. The fourth-order valence-corrected chi connectivity index (χ4v) is 2.59. The highest BCUT2D eigenvalue weighted by molar-refractivity contribution is 7.13. The fourth-order valence-electron chi connectivity index (χ4n) is 1.86. The predicted octanol–water partition coefficient (Wildman–Crippen LogP) is 3.80. The van der Waals surface area contributed by atoms with Crippen molar-refractivity contribution in [3.63, 3.8) is 0 Å². The summed E-state index contributed by atoms with van der Waals surface area (Å²) in [5.74, 6) is 0. The van der Waals surface area contributed by atoms with Crippen molar-refractivity contribution in [3.8, 4) is 10.4 Å². The summed E-state index contributed by atoms with van der Waals surface area (Å²) in [6.07, 6.45) is 4.23. The molecule has 3 rings (SSSR count). The van der Waals surface area contributed by atoms with Gasteiger partial charge in [0.25, 0.3) is 0 Å². The zero-order valence-electron chi connectivity index (χ0n) is 9.78. The summed E-state index contributed by atoms with van der Waals surface area (Å²) in [5, 5.41) is 2.10. The molecular weight excluding hydrogens is 240 g/mol. The maximum Gasteiger partial charge on any atom is 0.115 e. The van der Waals surface area contributed by atoms with Gasteiger partial charge in [-0.15, -0.1) is 11.3 Å². The number of rotatable bonds is 3. The Morgan fingerprint density at radius 1 is 1.00 bits per heavy atom. The van der Waals surface area contributed by atoms with Gasteiger partial charge in [-0.25, -0.2) is 9.97 Å². The van der Waals surface area contributed by atoms with Gasteiger partial charge in [0.05, 0.1) is 0 Å². The third-order valence-corrected chi connectivity index (χ3v) is 3.71. The van der Waals surface area contributed by atoms with Crippen LogP contribution in [-0.2, 0) is 6.42 Å². The van der Waals surface area contributed by atoms with Crippen LogP contribution in [0.3, 0.4) is 0 Å². The maximum absolute atomic E-state index is 4.24. The standard InChI is InChI=1S/C15H12N2S/c1-2-15(18-9-1)13-5-3-12(4-6-13)10-14-7-8-16-11-17-14/h1-9,11H,10H2. The fraction of sp³-hybridized carbons (Fsp3) is 0.0667. The lowest BCUT2D eigenvalue weighted by Crippen LogP contribution is -1.91. The molecule has 0 amide bonds. The van der Waals surface area contributed by atoms with Crippen molar-refractivity contribution in [2.45, 2.75) is 6.42 Å². The minimum atomic E-state index is 0.854. The summed E-state index contributed by atoms with van der Waals surface area (Å²) in [4.78, 5) is 9.47. The quantitative estimate of drug-likeness (QED) is 0.708. The van der Waals surface area contributed by atoms with Crippen LogP contribution in [0.25, 0.3) is 10.4 Å². The molecule has 0 aliphatic heterocycles. The second-order valence-corrected chi connectivity index (χ2v) is 5.00. The molecule has 0 radical (unpaired) electrons. The van der Waals surface area contributed by atoms with Gasteiger partial charge >= 0.3 is 0 Å². The first kappa shape index (κ1) is 11.1. The molecule has 0 saturated heterocycles. The normalized spacial score (nSPS) is 10.4. The lowest BCUT2D eigenvalue weighted by molar-refractivity contribution is 1.03. The summed E-state index contributed by atoms with van der Waals surface area (Å²) in [6.45, 7) is 0. The van der Waals surface area contributed by atoms with Gasteiger partial charge < -0.3 is 0 Å². The van der Waals surface area contributed by atoms with Crippen molar-refractivity contribution < 1.29 is 0 Å². The summed E-state index contributed by atoms with van der Waals surface area (Å²) in [7, 11) is 0. The minimum absolute atomic E-state index is 0.854. The van der Waals surface area contributed by atoms with E-state index in [-0.39, 0.29) is 0 Å². The number of aromatic nitrogens is 2. The van der Waals surface area contributed by atoms with Crippen LogP contribution in [0.5, 0.6) is 0 Å². The van der Waals surface area contributed by atoms with Crippen molar-refractivity contribution >= 4 is 11.3 Å². The van der Waals surface area contributed by atoms with Crippen LogP contribution in [0, 0.1) is 0 Å². The van der Waals surface area contributed by atoms with Crippen LogP contribution >= 0.6 is 11.3 Å². The Balaban J connectivity index is 1.80. The predicted molar refractivity (Wildman–Crippen MR) is 74.6 cm³/mol. The molecule has 0 fully saturated rings. The van der Waals surface area contributed by atoms with Gasteiger partial charge in [0.15, 0.2) is 0 Å². The van der Waals surface area contributed by atoms with E-state index in [0.717, 1.165) is 12.1 Å². The van der Waals surface area contributed by atoms with Crippen LogP contribution in [0.2, 0.25) is 0 Å². The monoisotopic (exact) mass is 252 g/mol. The van der Waals surface area contributed by atoms with E-state index in [0.29, 0.717) is 0 Å². The number of thiophene rings is 1. The number of benzene rings is 1. The van der Waals surface area contributed by atoms with Gasteiger partial charge in [0, 0.05) is 23.2 Å². The highest BCUT2D eigenvalue weighted by Crippen LogP contribution is 2.24. The van der Waals surface area contributed by atoms with E-state index in [1.165, 1.54) is 16.0 Å². The Kier molecular flexibility index (Phi) is 3.15. The molecule has 0 spiro atoms. The van der Waals surface area contributed by atoms with Crippen LogP contribution in [-0.4, -0.2) is 9.97 Å². The Morgan fingerprint density at radius 3 is 2.56 bits per heavy atom. The third-order valence-electron chi connectivity index (χ3n) is 2.79. The maximum atomic E-state index is 4.24. The third kappa shape index (κ3) is 2.46. The van der Waals surface area contributed by atoms with Crippen LogP contribution in [0.15, 0.2) is 60.4 Å². The molecular formula is C15H12N2S. The Bertz CT molecular complexity index is 601. The van der Waals surface area contributed by atoms with Gasteiger partial charge in [-0.3, -0.25) is 0 Å².